The van der Waals surface area contributed by atoms with Gasteiger partial charge in [0.25, 0.3) is 11.8 Å². The van der Waals surface area contributed by atoms with Gasteiger partial charge in [0.1, 0.15) is 10.7 Å². The quantitative estimate of drug-likeness (QED) is 0.363. The zero-order valence-corrected chi connectivity index (χ0v) is 17.3. The lowest BCUT2D eigenvalue weighted by Crippen LogP contribution is -2.33. The molecule has 2 amide bonds. The van der Waals surface area contributed by atoms with E-state index < -0.39 is 23.8 Å². The number of nitrogens with one attached hydrogen (secondary N) is 1. The third-order valence-electron chi connectivity index (χ3n) is 4.50. The van der Waals surface area contributed by atoms with Crippen molar-refractivity contribution in [1.82, 2.24) is 0 Å². The molecule has 0 saturated carbocycles. The van der Waals surface area contributed by atoms with E-state index in [9.17, 15) is 19.2 Å². The van der Waals surface area contributed by atoms with Gasteiger partial charge < -0.3 is 15.2 Å². The number of carbonyl (C=O) groups is 4. The highest BCUT2D eigenvalue weighted by Crippen LogP contribution is 2.32. The third kappa shape index (κ3) is 4.59. The minimum atomic E-state index is -1.14. The summed E-state index contributed by atoms with van der Waals surface area (Å²) in [7, 11) is 0. The number of nitrogens with zero attached hydrogens (tertiary/aromatic N) is 1. The summed E-state index contributed by atoms with van der Waals surface area (Å²) in [6.07, 6.45) is 1.53. The molecule has 0 unspecified atom stereocenters. The number of imide groups is 1. The summed E-state index contributed by atoms with van der Waals surface area (Å²) in [4.78, 5) is 50.2. The molecule has 1 aliphatic heterocycles. The predicted molar refractivity (Wildman–Crippen MR) is 114 cm³/mol. The highest BCUT2D eigenvalue weighted by atomic mass is 35.5. The predicted octanol–water partition coefficient (Wildman–Crippen LogP) is 3.78. The zero-order valence-electron chi connectivity index (χ0n) is 16.6. The van der Waals surface area contributed by atoms with Gasteiger partial charge in [-0.3, -0.25) is 9.59 Å². The van der Waals surface area contributed by atoms with Gasteiger partial charge in [0.05, 0.1) is 23.4 Å². The molecule has 160 valence electrons. The SMILES string of the molecule is CCCCOC(=O)c1ccccc1N1C(=O)C(Cl)=C(Nc2cccc(C(=O)O)c2)C1=O. The van der Waals surface area contributed by atoms with E-state index in [1.165, 1.54) is 36.4 Å². The lowest BCUT2D eigenvalue weighted by atomic mass is 10.1. The van der Waals surface area contributed by atoms with Crippen LogP contribution in [-0.2, 0) is 14.3 Å². The zero-order chi connectivity index (χ0) is 22.5. The number of carboxylic acid groups (broad SMARTS) is 1. The first-order valence-electron chi connectivity index (χ1n) is 9.50. The van der Waals surface area contributed by atoms with Crippen LogP contribution in [0.5, 0.6) is 0 Å². The molecule has 8 nitrogen and oxygen atoms in total. The lowest BCUT2D eigenvalue weighted by molar-refractivity contribution is -0.120. The van der Waals surface area contributed by atoms with Crippen LogP contribution in [0, 0.1) is 0 Å². The molecule has 0 bridgehead atoms. The molecule has 0 radical (unpaired) electrons. The maximum absolute atomic E-state index is 13.0. The minimum absolute atomic E-state index is 0.00415. The van der Waals surface area contributed by atoms with Crippen molar-refractivity contribution in [2.45, 2.75) is 19.8 Å². The largest absolute Gasteiger partial charge is 0.478 e. The molecule has 3 rings (SSSR count). The Bertz CT molecular complexity index is 1090. The van der Waals surface area contributed by atoms with E-state index in [4.69, 9.17) is 21.4 Å². The normalized spacial score (nSPS) is 13.5. The first-order chi connectivity index (χ1) is 14.8. The highest BCUT2D eigenvalue weighted by molar-refractivity contribution is 6.53. The van der Waals surface area contributed by atoms with Crippen molar-refractivity contribution in [3.8, 4) is 0 Å². The summed E-state index contributed by atoms with van der Waals surface area (Å²) in [6, 6.07) is 11.8. The minimum Gasteiger partial charge on any atom is -0.478 e. The molecule has 2 N–H and O–H groups in total. The first kappa shape index (κ1) is 22.0. The number of carbonyl (C=O) groups excluding carboxylic acids is 3. The van der Waals surface area contributed by atoms with E-state index in [-0.39, 0.29) is 39.8 Å². The molecule has 31 heavy (non-hydrogen) atoms. The Morgan fingerprint density at radius 3 is 2.55 bits per heavy atom. The summed E-state index contributed by atoms with van der Waals surface area (Å²) in [5.41, 5.74) is 0.148. The van der Waals surface area contributed by atoms with Crippen LogP contribution >= 0.6 is 11.6 Å². The van der Waals surface area contributed by atoms with E-state index in [0.29, 0.717) is 6.42 Å². The van der Waals surface area contributed by atoms with Gasteiger partial charge in [-0.2, -0.15) is 0 Å². The Balaban J connectivity index is 1.89. The second kappa shape index (κ2) is 9.44. The smallest absolute Gasteiger partial charge is 0.340 e. The fraction of sp³-hybridized carbons (Fsp3) is 0.182. The van der Waals surface area contributed by atoms with Crippen LogP contribution in [0.25, 0.3) is 0 Å². The molecule has 0 aliphatic carbocycles. The molecular formula is C22H19ClN2O6. The molecule has 0 atom stereocenters. The molecule has 0 spiro atoms. The number of unbranched alkanes of at least 4 members (excludes halogenated alkanes) is 1. The number of anilines is 2. The summed E-state index contributed by atoms with van der Waals surface area (Å²) in [5.74, 6) is -3.38. The van der Waals surface area contributed by atoms with Crippen LogP contribution in [0.4, 0.5) is 11.4 Å². The van der Waals surface area contributed by atoms with Crippen molar-refractivity contribution >= 4 is 46.7 Å². The van der Waals surface area contributed by atoms with Gasteiger partial charge in [-0.1, -0.05) is 43.1 Å². The molecule has 1 heterocycles. The van der Waals surface area contributed by atoms with E-state index in [2.05, 4.69) is 5.32 Å². The number of benzene rings is 2. The maximum atomic E-state index is 13.0. The second-order valence-electron chi connectivity index (χ2n) is 6.65. The molecule has 1 aliphatic rings. The average molecular weight is 443 g/mol. The van der Waals surface area contributed by atoms with E-state index in [1.54, 1.807) is 12.1 Å². The number of hydrogen-bond acceptors (Lipinski definition) is 6. The van der Waals surface area contributed by atoms with Gasteiger partial charge >= 0.3 is 11.9 Å². The Hall–Kier alpha value is -3.65. The third-order valence-corrected chi connectivity index (χ3v) is 4.85. The van der Waals surface area contributed by atoms with Crippen LogP contribution in [0.3, 0.4) is 0 Å². The fourth-order valence-corrected chi connectivity index (χ4v) is 3.15. The topological polar surface area (TPSA) is 113 Å². The molecule has 0 aromatic heterocycles. The molecule has 2 aromatic rings. The molecule has 9 heteroatoms. The van der Waals surface area contributed by atoms with Crippen molar-refractivity contribution in [3.05, 3.63) is 70.4 Å². The van der Waals surface area contributed by atoms with E-state index >= 15 is 0 Å². The van der Waals surface area contributed by atoms with Gasteiger partial charge in [-0.05, 0) is 36.8 Å². The maximum Gasteiger partial charge on any atom is 0.340 e. The number of halogens is 1. The first-order valence-corrected chi connectivity index (χ1v) is 9.88. The number of esters is 1. The second-order valence-corrected chi connectivity index (χ2v) is 7.03. The number of ether oxygens (including phenoxy) is 1. The Labute approximate surface area is 183 Å². The van der Waals surface area contributed by atoms with Crippen molar-refractivity contribution in [2.24, 2.45) is 0 Å². The molecule has 0 saturated heterocycles. The van der Waals surface area contributed by atoms with Gasteiger partial charge in [0.2, 0.25) is 0 Å². The molecule has 0 fully saturated rings. The van der Waals surface area contributed by atoms with Crippen LogP contribution in [0.15, 0.2) is 59.3 Å². The van der Waals surface area contributed by atoms with Crippen molar-refractivity contribution in [3.63, 3.8) is 0 Å². The van der Waals surface area contributed by atoms with Gasteiger partial charge in [0.15, 0.2) is 0 Å². The van der Waals surface area contributed by atoms with E-state index in [1.807, 2.05) is 6.92 Å². The number of para-hydroxylation sites is 1. The summed E-state index contributed by atoms with van der Waals surface area (Å²) in [5, 5.41) is 11.5. The van der Waals surface area contributed by atoms with Gasteiger partial charge in [-0.25, -0.2) is 14.5 Å². The molecule has 2 aromatic carbocycles. The standard InChI is InChI=1S/C22H19ClN2O6/c1-2-3-11-31-22(30)15-9-4-5-10-16(15)25-19(26)17(23)18(20(25)27)24-14-8-6-7-13(12-14)21(28)29/h4-10,12,24H,2-3,11H2,1H3,(H,28,29). The van der Waals surface area contributed by atoms with Crippen LogP contribution < -0.4 is 10.2 Å². The number of rotatable bonds is 8. The van der Waals surface area contributed by atoms with Crippen molar-refractivity contribution in [1.29, 1.82) is 0 Å². The average Bonchev–Trinajstić information content (AvgIpc) is 2.97. The monoisotopic (exact) mass is 442 g/mol. The van der Waals surface area contributed by atoms with Crippen LogP contribution in [-0.4, -0.2) is 35.5 Å². The Morgan fingerprint density at radius 2 is 1.84 bits per heavy atom. The summed E-state index contributed by atoms with van der Waals surface area (Å²) >= 11 is 6.13. The number of carboxylic acids is 1. The summed E-state index contributed by atoms with van der Waals surface area (Å²) < 4.78 is 5.22. The number of hydrogen-bond donors (Lipinski definition) is 2. The van der Waals surface area contributed by atoms with Crippen LogP contribution in [0.1, 0.15) is 40.5 Å². The number of aromatic carboxylic acids is 1. The fourth-order valence-electron chi connectivity index (χ4n) is 2.93. The van der Waals surface area contributed by atoms with Gasteiger partial charge in [-0.15, -0.1) is 0 Å². The van der Waals surface area contributed by atoms with Crippen molar-refractivity contribution < 1.29 is 29.0 Å². The summed E-state index contributed by atoms with van der Waals surface area (Å²) in [6.45, 7) is 2.18. The van der Waals surface area contributed by atoms with Gasteiger partial charge in [0, 0.05) is 5.69 Å². The van der Waals surface area contributed by atoms with Crippen LogP contribution in [0.2, 0.25) is 0 Å². The number of amides is 2. The highest BCUT2D eigenvalue weighted by Gasteiger charge is 2.40. The Kier molecular flexibility index (Phi) is 6.71. The van der Waals surface area contributed by atoms with E-state index in [0.717, 1.165) is 11.3 Å². The molecular weight excluding hydrogens is 424 g/mol. The lowest BCUT2D eigenvalue weighted by Gasteiger charge is -2.18. The van der Waals surface area contributed by atoms with Crippen molar-refractivity contribution in [2.75, 3.05) is 16.8 Å². The Morgan fingerprint density at radius 1 is 1.10 bits per heavy atom.